The first-order valence-corrected chi connectivity index (χ1v) is 16.5. The van der Waals surface area contributed by atoms with Crippen LogP contribution < -0.4 is 5.32 Å². The van der Waals surface area contributed by atoms with Gasteiger partial charge in [0.1, 0.15) is 18.2 Å². The topological polar surface area (TPSA) is 125 Å². The third-order valence-corrected chi connectivity index (χ3v) is 9.78. The van der Waals surface area contributed by atoms with Crippen LogP contribution in [0.5, 0.6) is 0 Å². The lowest BCUT2D eigenvalue weighted by Gasteiger charge is -2.46. The highest BCUT2D eigenvalue weighted by molar-refractivity contribution is 6.00. The molecule has 0 unspecified atom stereocenters. The molecule has 0 radical (unpaired) electrons. The van der Waals surface area contributed by atoms with E-state index in [1.807, 2.05) is 63.3 Å². The summed E-state index contributed by atoms with van der Waals surface area (Å²) >= 11 is 0. The molecule has 250 valence electrons. The Balaban J connectivity index is 1.62. The fourth-order valence-corrected chi connectivity index (χ4v) is 8.09. The second kappa shape index (κ2) is 13.0. The standard InChI is InChI=1S/C36H49N3O7/c1-7-24(20-40)39-30-33(44)38(35(5,6)22-34(2,3)4)19-13-9-12-16-27(41)45-21-25(23-14-10-8-11-15-23)37-31(42)28-26-17-18-36(30,46-26)29(28)32(39)43/h8-11,13-15,17-18,24-26,28-30,40H,7,12,16,19-22H2,1-6H3,(H,37,42)/b13-9-/t24-,25+,26+,28-,29-,30+,36-/m0/s1. The van der Waals surface area contributed by atoms with Crippen LogP contribution in [0, 0.1) is 17.3 Å². The van der Waals surface area contributed by atoms with Crippen LogP contribution in [0.25, 0.3) is 0 Å². The van der Waals surface area contributed by atoms with E-state index in [0.29, 0.717) is 19.3 Å². The predicted molar refractivity (Wildman–Crippen MR) is 172 cm³/mol. The molecule has 4 aliphatic rings. The van der Waals surface area contributed by atoms with Crippen LogP contribution in [0.1, 0.15) is 78.8 Å². The number of likely N-dealkylation sites (tertiary alicyclic amines) is 1. The number of esters is 1. The summed E-state index contributed by atoms with van der Waals surface area (Å²) in [6.07, 6.45) is 8.29. The quantitative estimate of drug-likeness (QED) is 0.361. The maximum absolute atomic E-state index is 15.0. The molecule has 1 spiro atoms. The van der Waals surface area contributed by atoms with Gasteiger partial charge < -0.3 is 29.7 Å². The van der Waals surface area contributed by atoms with Crippen molar-refractivity contribution in [2.75, 3.05) is 19.8 Å². The average molecular weight is 636 g/mol. The van der Waals surface area contributed by atoms with Crippen molar-refractivity contribution in [3.63, 3.8) is 0 Å². The number of carbonyl (C=O) groups is 4. The summed E-state index contributed by atoms with van der Waals surface area (Å²) in [6, 6.07) is 6.89. The molecule has 10 nitrogen and oxygen atoms in total. The van der Waals surface area contributed by atoms with Crippen molar-refractivity contribution in [3.05, 3.63) is 60.2 Å². The maximum Gasteiger partial charge on any atom is 0.306 e. The zero-order valence-corrected chi connectivity index (χ0v) is 27.9. The van der Waals surface area contributed by atoms with E-state index in [0.717, 1.165) is 5.56 Å². The summed E-state index contributed by atoms with van der Waals surface area (Å²) in [7, 11) is 0. The highest BCUT2D eigenvalue weighted by Gasteiger charge is 2.74. The Hall–Kier alpha value is -3.50. The highest BCUT2D eigenvalue weighted by atomic mass is 16.5. The monoisotopic (exact) mass is 635 g/mol. The number of aliphatic hydroxyl groups is 1. The van der Waals surface area contributed by atoms with Gasteiger partial charge >= 0.3 is 5.97 Å². The van der Waals surface area contributed by atoms with Crippen LogP contribution >= 0.6 is 0 Å². The number of benzene rings is 1. The Morgan fingerprint density at radius 1 is 1.04 bits per heavy atom. The first-order valence-electron chi connectivity index (χ1n) is 16.5. The maximum atomic E-state index is 15.0. The molecule has 46 heavy (non-hydrogen) atoms. The number of allylic oxidation sites excluding steroid dienone is 1. The Morgan fingerprint density at radius 3 is 2.41 bits per heavy atom. The van der Waals surface area contributed by atoms with Crippen molar-refractivity contribution in [2.45, 2.75) is 103 Å². The molecule has 2 N–H and O–H groups in total. The third kappa shape index (κ3) is 6.26. The van der Waals surface area contributed by atoms with Crippen molar-refractivity contribution in [1.29, 1.82) is 0 Å². The largest absolute Gasteiger partial charge is 0.463 e. The minimum Gasteiger partial charge on any atom is -0.463 e. The minimum absolute atomic E-state index is 0.0689. The molecule has 4 heterocycles. The lowest BCUT2D eigenvalue weighted by molar-refractivity contribution is -0.154. The van der Waals surface area contributed by atoms with Crippen molar-refractivity contribution in [2.24, 2.45) is 17.3 Å². The molecule has 0 saturated carbocycles. The van der Waals surface area contributed by atoms with E-state index >= 15 is 4.79 Å². The van der Waals surface area contributed by atoms with E-state index in [-0.39, 0.29) is 43.4 Å². The van der Waals surface area contributed by atoms with Gasteiger partial charge in [-0.2, -0.15) is 0 Å². The first-order chi connectivity index (χ1) is 21.7. The van der Waals surface area contributed by atoms with E-state index in [2.05, 4.69) is 26.1 Å². The minimum atomic E-state index is -1.37. The fraction of sp³-hybridized carbons (Fsp3) is 0.611. The molecule has 1 aromatic rings. The number of cyclic esters (lactones) is 1. The summed E-state index contributed by atoms with van der Waals surface area (Å²) in [4.78, 5) is 59.8. The van der Waals surface area contributed by atoms with Gasteiger partial charge in [-0.25, -0.2) is 0 Å². The summed E-state index contributed by atoms with van der Waals surface area (Å²) in [6.45, 7) is 12.1. The number of aliphatic hydroxyl groups excluding tert-OH is 1. The second-order valence-corrected chi connectivity index (χ2v) is 14.9. The van der Waals surface area contributed by atoms with Crippen LogP contribution in [-0.2, 0) is 28.7 Å². The summed E-state index contributed by atoms with van der Waals surface area (Å²) < 4.78 is 12.2. The Labute approximate surface area is 272 Å². The number of nitrogens with one attached hydrogen (secondary N) is 1. The van der Waals surface area contributed by atoms with Gasteiger partial charge in [0.05, 0.1) is 36.6 Å². The number of rotatable bonds is 6. The molecule has 5 bridgehead atoms. The first kappa shape index (κ1) is 33.9. The normalized spacial score (nSPS) is 31.9. The molecule has 0 aromatic heterocycles. The van der Waals surface area contributed by atoms with Gasteiger partial charge in [0, 0.05) is 18.5 Å². The van der Waals surface area contributed by atoms with E-state index in [4.69, 9.17) is 9.47 Å². The number of carbonyl (C=O) groups excluding carboxylic acids is 4. The third-order valence-electron chi connectivity index (χ3n) is 9.78. The zero-order valence-electron chi connectivity index (χ0n) is 27.9. The van der Waals surface area contributed by atoms with E-state index < -0.39 is 59.1 Å². The van der Waals surface area contributed by atoms with Crippen molar-refractivity contribution in [1.82, 2.24) is 15.1 Å². The summed E-state index contributed by atoms with van der Waals surface area (Å²) in [5.41, 5.74) is -1.36. The van der Waals surface area contributed by atoms with Crippen LogP contribution in [0.2, 0.25) is 0 Å². The molecule has 2 saturated heterocycles. The number of fused-ring (bicyclic) bond motifs is 2. The van der Waals surface area contributed by atoms with Gasteiger partial charge in [-0.1, -0.05) is 82.3 Å². The number of ether oxygens (including phenoxy) is 2. The number of amides is 3. The van der Waals surface area contributed by atoms with E-state index in [9.17, 15) is 19.5 Å². The SMILES string of the molecule is CC[C@@H](CO)N1C(=O)[C@@H]2[C@H]3C(=O)N[C@@H](c4ccccc4)COC(=O)CC/C=C\CN(C(C)(C)CC(C)(C)C)C(=O)[C@@H]1[C@]21C=C[C@H]3O1. The van der Waals surface area contributed by atoms with Crippen molar-refractivity contribution in [3.8, 4) is 0 Å². The Morgan fingerprint density at radius 2 is 1.76 bits per heavy atom. The van der Waals surface area contributed by atoms with Crippen LogP contribution in [-0.4, -0.2) is 87.7 Å². The molecular weight excluding hydrogens is 586 g/mol. The molecule has 2 fully saturated rings. The van der Waals surface area contributed by atoms with Gasteiger partial charge in [-0.05, 0) is 44.1 Å². The summed E-state index contributed by atoms with van der Waals surface area (Å²) in [5, 5.41) is 13.5. The summed E-state index contributed by atoms with van der Waals surface area (Å²) in [5.74, 6) is -3.36. The van der Waals surface area contributed by atoms with Crippen LogP contribution in [0.3, 0.4) is 0 Å². The van der Waals surface area contributed by atoms with Gasteiger partial charge in [-0.3, -0.25) is 19.2 Å². The van der Waals surface area contributed by atoms with Crippen molar-refractivity contribution >= 4 is 23.7 Å². The lowest BCUT2D eigenvalue weighted by Crippen LogP contribution is -2.62. The van der Waals surface area contributed by atoms with Gasteiger partial charge in [0.15, 0.2) is 0 Å². The molecule has 4 aliphatic heterocycles. The number of hydrogen-bond donors (Lipinski definition) is 2. The molecule has 7 atom stereocenters. The van der Waals surface area contributed by atoms with Crippen LogP contribution in [0.4, 0.5) is 0 Å². The Kier molecular flexibility index (Phi) is 9.53. The predicted octanol–water partition coefficient (Wildman–Crippen LogP) is 3.70. The van der Waals surface area contributed by atoms with Crippen LogP contribution in [0.15, 0.2) is 54.6 Å². The zero-order chi connectivity index (χ0) is 33.4. The molecule has 0 aliphatic carbocycles. The molecule has 5 rings (SSSR count). The fourth-order valence-electron chi connectivity index (χ4n) is 8.09. The number of nitrogens with zero attached hydrogens (tertiary/aromatic N) is 2. The van der Waals surface area contributed by atoms with E-state index in [1.165, 1.54) is 4.90 Å². The van der Waals surface area contributed by atoms with E-state index in [1.54, 1.807) is 17.1 Å². The Bertz CT molecular complexity index is 1380. The highest BCUT2D eigenvalue weighted by Crippen LogP contribution is 2.56. The molecule has 1 aromatic carbocycles. The lowest BCUT2D eigenvalue weighted by atomic mass is 9.73. The van der Waals surface area contributed by atoms with Gasteiger partial charge in [0.2, 0.25) is 17.7 Å². The molecule has 10 heteroatoms. The average Bonchev–Trinajstić information content (AvgIpc) is 3.63. The van der Waals surface area contributed by atoms with Gasteiger partial charge in [-0.15, -0.1) is 0 Å². The molecular formula is C36H49N3O7. The smallest absolute Gasteiger partial charge is 0.306 e. The number of hydrogen-bond acceptors (Lipinski definition) is 7. The molecule has 3 amide bonds. The van der Waals surface area contributed by atoms with Crippen molar-refractivity contribution < 1.29 is 33.8 Å². The second-order valence-electron chi connectivity index (χ2n) is 14.9. The van der Waals surface area contributed by atoms with Gasteiger partial charge in [0.25, 0.3) is 0 Å².